The third-order valence-electron chi connectivity index (χ3n) is 4.68. The SMILES string of the molecule is CCOC(=O)C1=C(CS(=O)(=O)c2ccc(Cl)cc2)NC(=O)N[C@H]1c1ccc(OCC)cc1. The van der Waals surface area contributed by atoms with E-state index < -0.39 is 33.6 Å². The van der Waals surface area contributed by atoms with Crippen LogP contribution in [0.15, 0.2) is 64.7 Å². The van der Waals surface area contributed by atoms with E-state index in [0.29, 0.717) is 22.9 Å². The Morgan fingerprint density at radius 3 is 2.28 bits per heavy atom. The fourth-order valence-electron chi connectivity index (χ4n) is 3.27. The summed E-state index contributed by atoms with van der Waals surface area (Å²) < 4.78 is 36.6. The molecule has 0 radical (unpaired) electrons. The summed E-state index contributed by atoms with van der Waals surface area (Å²) in [5.74, 6) is -0.687. The van der Waals surface area contributed by atoms with Crippen molar-refractivity contribution in [3.8, 4) is 5.75 Å². The minimum Gasteiger partial charge on any atom is -0.494 e. The summed E-state index contributed by atoms with van der Waals surface area (Å²) >= 11 is 5.85. The molecule has 0 fully saturated rings. The normalized spacial score (nSPS) is 16.2. The molecule has 1 heterocycles. The third kappa shape index (κ3) is 5.41. The van der Waals surface area contributed by atoms with Crippen LogP contribution < -0.4 is 15.4 Å². The second-order valence-corrected chi connectivity index (χ2v) is 9.29. The molecular weight excluding hydrogens is 456 g/mol. The van der Waals surface area contributed by atoms with Gasteiger partial charge in [-0.25, -0.2) is 18.0 Å². The number of hydrogen-bond donors (Lipinski definition) is 2. The molecule has 1 aliphatic heterocycles. The summed E-state index contributed by atoms with van der Waals surface area (Å²) in [5.41, 5.74) is 0.557. The molecule has 0 aromatic heterocycles. The van der Waals surface area contributed by atoms with Gasteiger partial charge in [0.05, 0.1) is 35.5 Å². The molecule has 2 N–H and O–H groups in total. The minimum absolute atomic E-state index is 0.0167. The number of urea groups is 1. The van der Waals surface area contributed by atoms with Gasteiger partial charge in [-0.15, -0.1) is 0 Å². The molecular formula is C22H23ClN2O6S. The lowest BCUT2D eigenvalue weighted by Gasteiger charge is -2.29. The van der Waals surface area contributed by atoms with Crippen LogP contribution in [0.1, 0.15) is 25.5 Å². The summed E-state index contributed by atoms with van der Waals surface area (Å²) in [5, 5.41) is 5.54. The van der Waals surface area contributed by atoms with Crippen LogP contribution in [0.2, 0.25) is 5.02 Å². The molecule has 8 nitrogen and oxygen atoms in total. The number of rotatable bonds is 8. The molecule has 2 aromatic rings. The molecule has 0 spiro atoms. The van der Waals surface area contributed by atoms with Crippen molar-refractivity contribution in [3.05, 3.63) is 70.4 Å². The number of nitrogens with one attached hydrogen (secondary N) is 2. The third-order valence-corrected chi connectivity index (χ3v) is 6.59. The first-order chi connectivity index (χ1) is 15.2. The van der Waals surface area contributed by atoms with Crippen LogP contribution in [-0.4, -0.2) is 39.4 Å². The number of carbonyl (C=O) groups is 2. The van der Waals surface area contributed by atoms with Crippen LogP contribution in [0.3, 0.4) is 0 Å². The van der Waals surface area contributed by atoms with E-state index in [1.165, 1.54) is 24.3 Å². The fraction of sp³-hybridized carbons (Fsp3) is 0.273. The number of ether oxygens (including phenoxy) is 2. The molecule has 1 aliphatic rings. The van der Waals surface area contributed by atoms with Gasteiger partial charge in [0.1, 0.15) is 5.75 Å². The topological polar surface area (TPSA) is 111 Å². The molecule has 170 valence electrons. The van der Waals surface area contributed by atoms with E-state index in [1.807, 2.05) is 6.92 Å². The van der Waals surface area contributed by atoms with E-state index in [1.54, 1.807) is 31.2 Å². The standard InChI is InChI=1S/C22H23ClN2O6S/c1-3-30-16-9-5-14(6-10-16)20-19(21(26)31-4-2)18(24-22(27)25-20)13-32(28,29)17-11-7-15(23)8-12-17/h5-12,20H,3-4,13H2,1-2H3,(H2,24,25,27)/t20-/m0/s1. The summed E-state index contributed by atoms with van der Waals surface area (Å²) in [7, 11) is -3.89. The van der Waals surface area contributed by atoms with Crippen molar-refractivity contribution in [2.45, 2.75) is 24.8 Å². The van der Waals surface area contributed by atoms with Gasteiger partial charge < -0.3 is 20.1 Å². The lowest BCUT2D eigenvalue weighted by atomic mass is 9.95. The van der Waals surface area contributed by atoms with Crippen molar-refractivity contribution in [3.63, 3.8) is 0 Å². The van der Waals surface area contributed by atoms with Gasteiger partial charge in [-0.1, -0.05) is 23.7 Å². The molecule has 10 heteroatoms. The largest absolute Gasteiger partial charge is 0.494 e. The average Bonchev–Trinajstić information content (AvgIpc) is 2.74. The monoisotopic (exact) mass is 478 g/mol. The van der Waals surface area contributed by atoms with Gasteiger partial charge in [0.25, 0.3) is 0 Å². The Bertz CT molecular complexity index is 1130. The van der Waals surface area contributed by atoms with Gasteiger partial charge in [-0.3, -0.25) is 0 Å². The van der Waals surface area contributed by atoms with Gasteiger partial charge in [-0.05, 0) is 55.8 Å². The van der Waals surface area contributed by atoms with Crippen molar-refractivity contribution >= 4 is 33.4 Å². The predicted octanol–water partition coefficient (Wildman–Crippen LogP) is 3.38. The molecule has 32 heavy (non-hydrogen) atoms. The van der Waals surface area contributed by atoms with Crippen molar-refractivity contribution < 1.29 is 27.5 Å². The van der Waals surface area contributed by atoms with Crippen LogP contribution in [-0.2, 0) is 19.4 Å². The average molecular weight is 479 g/mol. The number of halogens is 1. The first kappa shape index (κ1) is 23.6. The zero-order chi connectivity index (χ0) is 23.3. The molecule has 0 unspecified atom stereocenters. The molecule has 0 saturated carbocycles. The van der Waals surface area contributed by atoms with E-state index in [9.17, 15) is 18.0 Å². The molecule has 1 atom stereocenters. The van der Waals surface area contributed by atoms with Gasteiger partial charge in [0.15, 0.2) is 9.84 Å². The Morgan fingerprint density at radius 2 is 1.69 bits per heavy atom. The summed E-state index contributed by atoms with van der Waals surface area (Å²) in [4.78, 5) is 25.2. The summed E-state index contributed by atoms with van der Waals surface area (Å²) in [6.07, 6.45) is 0. The molecule has 0 aliphatic carbocycles. The number of hydrogen-bond acceptors (Lipinski definition) is 6. The number of amides is 2. The second-order valence-electron chi connectivity index (χ2n) is 6.86. The van der Waals surface area contributed by atoms with E-state index in [0.717, 1.165) is 0 Å². The van der Waals surface area contributed by atoms with Crippen LogP contribution in [0.4, 0.5) is 4.79 Å². The number of esters is 1. The van der Waals surface area contributed by atoms with Gasteiger partial charge in [0.2, 0.25) is 0 Å². The lowest BCUT2D eigenvalue weighted by molar-refractivity contribution is -0.139. The van der Waals surface area contributed by atoms with Gasteiger partial charge in [-0.2, -0.15) is 0 Å². The smallest absolute Gasteiger partial charge is 0.338 e. The number of carbonyl (C=O) groups excluding carboxylic acids is 2. The lowest BCUT2D eigenvalue weighted by Crippen LogP contribution is -2.47. The maximum Gasteiger partial charge on any atom is 0.338 e. The number of sulfone groups is 1. The van der Waals surface area contributed by atoms with E-state index in [-0.39, 0.29) is 22.8 Å². The van der Waals surface area contributed by atoms with E-state index >= 15 is 0 Å². The van der Waals surface area contributed by atoms with Crippen LogP contribution in [0.25, 0.3) is 0 Å². The van der Waals surface area contributed by atoms with Gasteiger partial charge >= 0.3 is 12.0 Å². The molecule has 2 amide bonds. The summed E-state index contributed by atoms with van der Waals surface area (Å²) in [6, 6.07) is 11.0. The highest BCUT2D eigenvalue weighted by molar-refractivity contribution is 7.91. The zero-order valence-corrected chi connectivity index (χ0v) is 19.1. The zero-order valence-electron chi connectivity index (χ0n) is 17.6. The Kier molecular flexibility index (Phi) is 7.42. The van der Waals surface area contributed by atoms with Crippen molar-refractivity contribution in [2.75, 3.05) is 19.0 Å². The first-order valence-corrected chi connectivity index (χ1v) is 12.0. The quantitative estimate of drug-likeness (QED) is 0.563. The Balaban J connectivity index is 2.05. The second kappa shape index (κ2) is 10.1. The Morgan fingerprint density at radius 1 is 1.03 bits per heavy atom. The van der Waals surface area contributed by atoms with Crippen molar-refractivity contribution in [2.24, 2.45) is 0 Å². The number of benzene rings is 2. The predicted molar refractivity (Wildman–Crippen MR) is 119 cm³/mol. The fourth-order valence-corrected chi connectivity index (χ4v) is 4.72. The maximum absolute atomic E-state index is 13.0. The molecule has 0 bridgehead atoms. The maximum atomic E-state index is 13.0. The van der Waals surface area contributed by atoms with Crippen LogP contribution in [0, 0.1) is 0 Å². The molecule has 0 saturated heterocycles. The van der Waals surface area contributed by atoms with Gasteiger partial charge in [0, 0.05) is 10.7 Å². The highest BCUT2D eigenvalue weighted by Crippen LogP contribution is 2.30. The van der Waals surface area contributed by atoms with E-state index in [4.69, 9.17) is 21.1 Å². The minimum atomic E-state index is -3.89. The van der Waals surface area contributed by atoms with Crippen molar-refractivity contribution in [1.82, 2.24) is 10.6 Å². The molecule has 2 aromatic carbocycles. The highest BCUT2D eigenvalue weighted by Gasteiger charge is 2.35. The van der Waals surface area contributed by atoms with Crippen molar-refractivity contribution in [1.29, 1.82) is 0 Å². The first-order valence-electron chi connectivity index (χ1n) is 9.94. The summed E-state index contributed by atoms with van der Waals surface area (Å²) in [6.45, 7) is 4.08. The Hall–Kier alpha value is -3.04. The van der Waals surface area contributed by atoms with E-state index in [2.05, 4.69) is 10.6 Å². The highest BCUT2D eigenvalue weighted by atomic mass is 35.5. The Labute approximate surface area is 191 Å². The van der Waals surface area contributed by atoms with Crippen LogP contribution in [0.5, 0.6) is 5.75 Å². The molecule has 3 rings (SSSR count). The van der Waals surface area contributed by atoms with Crippen LogP contribution >= 0.6 is 11.6 Å².